The summed E-state index contributed by atoms with van der Waals surface area (Å²) in [5.74, 6) is -1.64. The van der Waals surface area contributed by atoms with E-state index in [0.717, 1.165) is 0 Å². The average molecular weight is 338 g/mol. The molecule has 3 N–H and O–H groups in total. The highest BCUT2D eigenvalue weighted by Gasteiger charge is 2.24. The number of phenols is 1. The molecule has 1 atom stereocenters. The monoisotopic (exact) mass is 338 g/mol. The van der Waals surface area contributed by atoms with Crippen molar-refractivity contribution in [1.82, 2.24) is 10.6 Å². The lowest BCUT2D eigenvalue weighted by Gasteiger charge is -2.21. The summed E-state index contributed by atoms with van der Waals surface area (Å²) in [6.07, 6.45) is -1.22. The number of amides is 3. The van der Waals surface area contributed by atoms with Gasteiger partial charge in [-0.05, 0) is 39.8 Å². The SMILES string of the molecule is COc1ccc(C(=O)O[C@@H](C)C(=O)NC(=O)NC(C)(C)C)c(O)c1. The van der Waals surface area contributed by atoms with E-state index in [4.69, 9.17) is 9.47 Å². The largest absolute Gasteiger partial charge is 0.507 e. The van der Waals surface area contributed by atoms with E-state index < -0.39 is 29.6 Å². The summed E-state index contributed by atoms with van der Waals surface area (Å²) in [5.41, 5.74) is -0.631. The molecule has 24 heavy (non-hydrogen) atoms. The third-order valence-electron chi connectivity index (χ3n) is 2.80. The minimum absolute atomic E-state index is 0.116. The number of imide groups is 1. The number of carbonyl (C=O) groups is 3. The fourth-order valence-electron chi connectivity index (χ4n) is 1.67. The number of phenolic OH excluding ortho intramolecular Hbond substituents is 1. The van der Waals surface area contributed by atoms with Crippen LogP contribution in [0.5, 0.6) is 11.5 Å². The second kappa shape index (κ2) is 7.67. The first-order valence-electron chi connectivity index (χ1n) is 7.24. The molecule has 1 rings (SSSR count). The minimum atomic E-state index is -1.22. The Morgan fingerprint density at radius 1 is 1.21 bits per heavy atom. The number of esters is 1. The molecule has 0 saturated heterocycles. The first-order valence-corrected chi connectivity index (χ1v) is 7.24. The molecule has 1 aromatic carbocycles. The van der Waals surface area contributed by atoms with Gasteiger partial charge in [0, 0.05) is 11.6 Å². The highest BCUT2D eigenvalue weighted by molar-refractivity contribution is 5.99. The van der Waals surface area contributed by atoms with E-state index in [9.17, 15) is 19.5 Å². The Labute approximate surface area is 140 Å². The molecular formula is C16H22N2O6. The van der Waals surface area contributed by atoms with E-state index in [1.807, 2.05) is 0 Å². The van der Waals surface area contributed by atoms with Gasteiger partial charge in [0.05, 0.1) is 7.11 Å². The summed E-state index contributed by atoms with van der Waals surface area (Å²) >= 11 is 0. The Balaban J connectivity index is 2.66. The fraction of sp³-hybridized carbons (Fsp3) is 0.438. The number of hydrogen-bond donors (Lipinski definition) is 3. The van der Waals surface area contributed by atoms with Crippen LogP contribution in [-0.2, 0) is 9.53 Å². The average Bonchev–Trinajstić information content (AvgIpc) is 2.44. The lowest BCUT2D eigenvalue weighted by atomic mass is 10.1. The van der Waals surface area contributed by atoms with Crippen molar-refractivity contribution in [2.45, 2.75) is 39.3 Å². The predicted octanol–water partition coefficient (Wildman–Crippen LogP) is 1.57. The van der Waals surface area contributed by atoms with Crippen LogP contribution in [0.15, 0.2) is 18.2 Å². The van der Waals surface area contributed by atoms with E-state index in [1.165, 1.54) is 32.2 Å². The molecule has 8 nitrogen and oxygen atoms in total. The standard InChI is InChI=1S/C16H22N2O6/c1-9(13(20)17-15(22)18-16(2,3)4)24-14(21)11-7-6-10(23-5)8-12(11)19/h6-9,19H,1-5H3,(H2,17,18,20,22)/t9-/m0/s1. The van der Waals surface area contributed by atoms with Crippen LogP contribution >= 0.6 is 0 Å². The molecule has 0 aromatic heterocycles. The third kappa shape index (κ3) is 5.79. The molecule has 0 aliphatic rings. The maximum Gasteiger partial charge on any atom is 0.342 e. The number of rotatable bonds is 4. The summed E-state index contributed by atoms with van der Waals surface area (Å²) in [6, 6.07) is 3.34. The minimum Gasteiger partial charge on any atom is -0.507 e. The second-order valence-corrected chi connectivity index (χ2v) is 6.12. The second-order valence-electron chi connectivity index (χ2n) is 6.12. The van der Waals surface area contributed by atoms with Gasteiger partial charge in [-0.25, -0.2) is 9.59 Å². The van der Waals surface area contributed by atoms with Crippen molar-refractivity contribution in [3.8, 4) is 11.5 Å². The summed E-state index contributed by atoms with van der Waals surface area (Å²) in [6.45, 7) is 6.59. The van der Waals surface area contributed by atoms with Crippen LogP contribution in [0.2, 0.25) is 0 Å². The van der Waals surface area contributed by atoms with Crippen LogP contribution in [0.3, 0.4) is 0 Å². The number of carbonyl (C=O) groups excluding carboxylic acids is 3. The van der Waals surface area contributed by atoms with Crippen LogP contribution in [-0.4, -0.2) is 41.8 Å². The van der Waals surface area contributed by atoms with Crippen LogP contribution in [0.25, 0.3) is 0 Å². The molecule has 0 fully saturated rings. The number of aromatic hydroxyl groups is 1. The van der Waals surface area contributed by atoms with Gasteiger partial charge in [-0.2, -0.15) is 0 Å². The van der Waals surface area contributed by atoms with Crippen molar-refractivity contribution in [2.24, 2.45) is 0 Å². The number of ether oxygens (including phenoxy) is 2. The van der Waals surface area contributed by atoms with E-state index in [2.05, 4.69) is 10.6 Å². The van der Waals surface area contributed by atoms with Gasteiger partial charge < -0.3 is 19.9 Å². The van der Waals surface area contributed by atoms with Crippen LogP contribution < -0.4 is 15.4 Å². The summed E-state index contributed by atoms with van der Waals surface area (Å²) in [4.78, 5) is 35.5. The number of methoxy groups -OCH3 is 1. The smallest absolute Gasteiger partial charge is 0.342 e. The molecule has 0 aliphatic heterocycles. The normalized spacial score (nSPS) is 12.0. The molecule has 8 heteroatoms. The van der Waals surface area contributed by atoms with Gasteiger partial charge in [0.2, 0.25) is 0 Å². The van der Waals surface area contributed by atoms with Gasteiger partial charge in [-0.1, -0.05) is 0 Å². The fourth-order valence-corrected chi connectivity index (χ4v) is 1.67. The van der Waals surface area contributed by atoms with Crippen molar-refractivity contribution in [3.05, 3.63) is 23.8 Å². The Morgan fingerprint density at radius 2 is 1.83 bits per heavy atom. The molecule has 0 bridgehead atoms. The van der Waals surface area contributed by atoms with Crippen molar-refractivity contribution in [2.75, 3.05) is 7.11 Å². The van der Waals surface area contributed by atoms with Crippen LogP contribution in [0.4, 0.5) is 4.79 Å². The van der Waals surface area contributed by atoms with Gasteiger partial charge in [0.1, 0.15) is 17.1 Å². The van der Waals surface area contributed by atoms with Gasteiger partial charge in [-0.15, -0.1) is 0 Å². The zero-order valence-electron chi connectivity index (χ0n) is 14.3. The number of urea groups is 1. The van der Waals surface area contributed by atoms with E-state index in [0.29, 0.717) is 5.75 Å². The summed E-state index contributed by atoms with van der Waals surface area (Å²) in [5, 5.41) is 14.4. The van der Waals surface area contributed by atoms with Gasteiger partial charge in [0.15, 0.2) is 6.10 Å². The Hall–Kier alpha value is -2.77. The van der Waals surface area contributed by atoms with E-state index in [-0.39, 0.29) is 11.3 Å². The van der Waals surface area contributed by atoms with Gasteiger partial charge in [0.25, 0.3) is 5.91 Å². The van der Waals surface area contributed by atoms with Gasteiger partial charge >= 0.3 is 12.0 Å². The molecule has 0 radical (unpaired) electrons. The Kier molecular flexibility index (Phi) is 6.16. The highest BCUT2D eigenvalue weighted by Crippen LogP contribution is 2.24. The molecule has 132 valence electrons. The Morgan fingerprint density at radius 3 is 2.33 bits per heavy atom. The molecule has 0 heterocycles. The number of benzene rings is 1. The topological polar surface area (TPSA) is 114 Å². The van der Waals surface area contributed by atoms with Crippen molar-refractivity contribution in [1.29, 1.82) is 0 Å². The number of nitrogens with one attached hydrogen (secondary N) is 2. The maximum absolute atomic E-state index is 12.0. The predicted molar refractivity (Wildman–Crippen MR) is 86.0 cm³/mol. The first kappa shape index (κ1) is 19.3. The van der Waals surface area contributed by atoms with Crippen molar-refractivity contribution < 1.29 is 29.0 Å². The van der Waals surface area contributed by atoms with E-state index >= 15 is 0 Å². The van der Waals surface area contributed by atoms with Crippen molar-refractivity contribution in [3.63, 3.8) is 0 Å². The molecular weight excluding hydrogens is 316 g/mol. The quantitative estimate of drug-likeness (QED) is 0.718. The molecule has 1 aromatic rings. The van der Waals surface area contributed by atoms with E-state index in [1.54, 1.807) is 20.8 Å². The molecule has 0 unspecified atom stereocenters. The molecule has 0 saturated carbocycles. The van der Waals surface area contributed by atoms with Crippen LogP contribution in [0, 0.1) is 0 Å². The first-order chi connectivity index (χ1) is 11.0. The highest BCUT2D eigenvalue weighted by atomic mass is 16.5. The lowest BCUT2D eigenvalue weighted by molar-refractivity contribution is -0.127. The van der Waals surface area contributed by atoms with Crippen molar-refractivity contribution >= 4 is 17.9 Å². The Bertz CT molecular complexity index is 636. The summed E-state index contributed by atoms with van der Waals surface area (Å²) < 4.78 is 9.86. The van der Waals surface area contributed by atoms with Crippen LogP contribution in [0.1, 0.15) is 38.1 Å². The zero-order chi connectivity index (χ0) is 18.5. The lowest BCUT2D eigenvalue weighted by Crippen LogP contribution is -2.50. The maximum atomic E-state index is 12.0. The summed E-state index contributed by atoms with van der Waals surface area (Å²) in [7, 11) is 1.42. The molecule has 0 aliphatic carbocycles. The molecule has 0 spiro atoms. The molecule has 3 amide bonds. The third-order valence-corrected chi connectivity index (χ3v) is 2.80. The van der Waals surface area contributed by atoms with Gasteiger partial charge in [-0.3, -0.25) is 10.1 Å². The zero-order valence-corrected chi connectivity index (χ0v) is 14.3. The number of hydrogen-bond acceptors (Lipinski definition) is 6.